The van der Waals surface area contributed by atoms with Crippen LogP contribution in [-0.4, -0.2) is 24.0 Å². The fourth-order valence-electron chi connectivity index (χ4n) is 3.88. The minimum absolute atomic E-state index is 0.179. The molecule has 30 heavy (non-hydrogen) atoms. The van der Waals surface area contributed by atoms with Crippen LogP contribution in [0.1, 0.15) is 25.7 Å². The zero-order valence-corrected chi connectivity index (χ0v) is 17.2. The van der Waals surface area contributed by atoms with E-state index in [4.69, 9.17) is 10.1 Å². The third kappa shape index (κ3) is 4.69. The van der Waals surface area contributed by atoms with E-state index in [-0.39, 0.29) is 6.61 Å². The molecule has 1 aliphatic carbocycles. The first-order valence-electron chi connectivity index (χ1n) is 10.7. The molecule has 0 atom stereocenters. The number of nitrogens with one attached hydrogen (secondary N) is 1. The Hall–Kier alpha value is -3.17. The quantitative estimate of drug-likeness (QED) is 0.459. The molecule has 3 heteroatoms. The van der Waals surface area contributed by atoms with Crippen LogP contribution in [0.4, 0.5) is 5.69 Å². The lowest BCUT2D eigenvalue weighted by atomic mass is 9.94. The average molecular weight is 397 g/mol. The molecule has 0 heterocycles. The number of aliphatic hydroxyl groups is 1. The lowest BCUT2D eigenvalue weighted by Crippen LogP contribution is -2.16. The first kappa shape index (κ1) is 20.1. The number of allylic oxidation sites excluding steroid dienone is 2. The van der Waals surface area contributed by atoms with Crippen molar-refractivity contribution in [2.45, 2.75) is 25.7 Å². The van der Waals surface area contributed by atoms with E-state index in [1.807, 2.05) is 12.1 Å². The highest BCUT2D eigenvalue weighted by molar-refractivity contribution is 6.05. The molecule has 2 N–H and O–H groups in total. The summed E-state index contributed by atoms with van der Waals surface area (Å²) in [6.45, 7) is 0.842. The summed E-state index contributed by atoms with van der Waals surface area (Å²) in [6, 6.07) is 27.5. The summed E-state index contributed by atoms with van der Waals surface area (Å²) in [6.07, 6.45) is 6.10. The predicted octanol–water partition coefficient (Wildman–Crippen LogP) is 6.32. The maximum Gasteiger partial charge on any atom is 0.0579 e. The van der Waals surface area contributed by atoms with E-state index in [2.05, 4.69) is 78.1 Å². The van der Waals surface area contributed by atoms with Crippen LogP contribution in [0.2, 0.25) is 0 Å². The summed E-state index contributed by atoms with van der Waals surface area (Å²) in [5.41, 5.74) is 8.05. The van der Waals surface area contributed by atoms with Crippen LogP contribution in [0.25, 0.3) is 22.3 Å². The van der Waals surface area contributed by atoms with Crippen molar-refractivity contribution in [1.82, 2.24) is 0 Å². The van der Waals surface area contributed by atoms with Gasteiger partial charge < -0.3 is 10.4 Å². The van der Waals surface area contributed by atoms with Gasteiger partial charge in [0.2, 0.25) is 0 Å². The maximum atomic E-state index is 9.12. The summed E-state index contributed by atoms with van der Waals surface area (Å²) in [4.78, 5) is 4.78. The third-order valence-corrected chi connectivity index (χ3v) is 5.39. The molecule has 3 aromatic rings. The molecule has 0 fully saturated rings. The van der Waals surface area contributed by atoms with Crippen LogP contribution in [0.5, 0.6) is 0 Å². The third-order valence-electron chi connectivity index (χ3n) is 5.39. The molecule has 0 saturated carbocycles. The lowest BCUT2D eigenvalue weighted by Gasteiger charge is -2.22. The number of hydrogen-bond acceptors (Lipinski definition) is 3. The van der Waals surface area contributed by atoms with Gasteiger partial charge >= 0.3 is 0 Å². The van der Waals surface area contributed by atoms with Crippen LogP contribution in [0.15, 0.2) is 95.6 Å². The topological polar surface area (TPSA) is 44.6 Å². The second-order valence-corrected chi connectivity index (χ2v) is 7.50. The van der Waals surface area contributed by atoms with Gasteiger partial charge in [0, 0.05) is 24.3 Å². The van der Waals surface area contributed by atoms with Crippen molar-refractivity contribution in [1.29, 1.82) is 0 Å². The molecule has 0 bridgehead atoms. The summed E-state index contributed by atoms with van der Waals surface area (Å²) in [5.74, 6) is 0. The number of rotatable bonds is 7. The molecule has 0 spiro atoms. The highest BCUT2D eigenvalue weighted by Gasteiger charge is 2.17. The summed E-state index contributed by atoms with van der Waals surface area (Å²) >= 11 is 0. The number of benzene rings is 3. The van der Waals surface area contributed by atoms with E-state index in [1.165, 1.54) is 22.3 Å². The Morgan fingerprint density at radius 2 is 1.43 bits per heavy atom. The minimum Gasteiger partial charge on any atom is -0.396 e. The number of aliphatic hydroxyl groups excluding tert-OH is 1. The van der Waals surface area contributed by atoms with Gasteiger partial charge in [-0.1, -0.05) is 84.9 Å². The molecular formula is C27H28N2O. The fourth-order valence-corrected chi connectivity index (χ4v) is 3.88. The van der Waals surface area contributed by atoms with E-state index in [1.54, 1.807) is 0 Å². The van der Waals surface area contributed by atoms with E-state index >= 15 is 0 Å². The lowest BCUT2D eigenvalue weighted by molar-refractivity contribution is 0.291. The molecule has 0 aromatic heterocycles. The van der Waals surface area contributed by atoms with Crippen LogP contribution < -0.4 is 5.32 Å². The van der Waals surface area contributed by atoms with E-state index in [0.29, 0.717) is 13.0 Å². The van der Waals surface area contributed by atoms with Gasteiger partial charge in [-0.2, -0.15) is 0 Å². The summed E-state index contributed by atoms with van der Waals surface area (Å²) < 4.78 is 0. The van der Waals surface area contributed by atoms with Crippen molar-refractivity contribution in [2.75, 3.05) is 18.5 Å². The van der Waals surface area contributed by atoms with E-state index < -0.39 is 0 Å². The largest absolute Gasteiger partial charge is 0.396 e. The molecule has 0 amide bonds. The molecule has 1 aliphatic rings. The molecule has 0 aliphatic heterocycles. The average Bonchev–Trinajstić information content (AvgIpc) is 2.81. The Morgan fingerprint density at radius 3 is 2.03 bits per heavy atom. The van der Waals surface area contributed by atoms with Gasteiger partial charge in [0.25, 0.3) is 0 Å². The zero-order chi connectivity index (χ0) is 20.6. The van der Waals surface area contributed by atoms with Gasteiger partial charge in [0.1, 0.15) is 0 Å². The SMILES string of the molecule is OCCC/N=C1\CCCC=C1Nc1c(-c2ccccc2)cccc1-c1ccccc1. The molecule has 0 radical (unpaired) electrons. The normalized spacial score (nSPS) is 15.1. The van der Waals surface area contributed by atoms with Crippen molar-refractivity contribution in [3.8, 4) is 22.3 Å². The monoisotopic (exact) mass is 396 g/mol. The predicted molar refractivity (Wildman–Crippen MR) is 127 cm³/mol. The number of anilines is 1. The molecule has 3 aromatic carbocycles. The highest BCUT2D eigenvalue weighted by Crippen LogP contribution is 2.38. The number of nitrogens with zero attached hydrogens (tertiary/aromatic N) is 1. The second-order valence-electron chi connectivity index (χ2n) is 7.50. The Bertz CT molecular complexity index is 965. The standard InChI is InChI=1S/C27H28N2O/c30-20-10-19-28-25-17-7-8-18-26(25)29-27-23(21-11-3-1-4-12-21)15-9-16-24(27)22-13-5-2-6-14-22/h1-6,9,11-16,18,29-30H,7-8,10,17,19-20H2/b28-25+. The summed E-state index contributed by atoms with van der Waals surface area (Å²) in [5, 5.41) is 12.9. The minimum atomic E-state index is 0.179. The Morgan fingerprint density at radius 1 is 0.800 bits per heavy atom. The Balaban J connectivity index is 1.79. The van der Waals surface area contributed by atoms with Crippen LogP contribution in [0, 0.1) is 0 Å². The molecular weight excluding hydrogens is 368 g/mol. The van der Waals surface area contributed by atoms with Gasteiger partial charge in [0.05, 0.1) is 17.1 Å². The highest BCUT2D eigenvalue weighted by atomic mass is 16.3. The van der Waals surface area contributed by atoms with Crippen molar-refractivity contribution < 1.29 is 5.11 Å². The van der Waals surface area contributed by atoms with Gasteiger partial charge in [-0.25, -0.2) is 0 Å². The van der Waals surface area contributed by atoms with Crippen molar-refractivity contribution in [3.05, 3.63) is 90.6 Å². The summed E-state index contributed by atoms with van der Waals surface area (Å²) in [7, 11) is 0. The smallest absolute Gasteiger partial charge is 0.0579 e. The van der Waals surface area contributed by atoms with Gasteiger partial charge in [-0.05, 0) is 36.8 Å². The van der Waals surface area contributed by atoms with Gasteiger partial charge in [0.15, 0.2) is 0 Å². The Labute approximate surface area is 178 Å². The molecule has 3 nitrogen and oxygen atoms in total. The van der Waals surface area contributed by atoms with Crippen LogP contribution in [0.3, 0.4) is 0 Å². The van der Waals surface area contributed by atoms with Gasteiger partial charge in [-0.3, -0.25) is 4.99 Å². The number of hydrogen-bond donors (Lipinski definition) is 2. The first-order chi connectivity index (χ1) is 14.9. The molecule has 152 valence electrons. The van der Waals surface area contributed by atoms with Crippen LogP contribution in [-0.2, 0) is 0 Å². The number of para-hydroxylation sites is 1. The Kier molecular flexibility index (Phi) is 6.73. The molecule has 4 rings (SSSR count). The first-order valence-corrected chi connectivity index (χ1v) is 10.7. The second kappa shape index (κ2) is 10.0. The van der Waals surface area contributed by atoms with Gasteiger partial charge in [-0.15, -0.1) is 0 Å². The van der Waals surface area contributed by atoms with E-state index in [0.717, 1.165) is 36.4 Å². The van der Waals surface area contributed by atoms with Crippen LogP contribution >= 0.6 is 0 Å². The van der Waals surface area contributed by atoms with Crippen molar-refractivity contribution in [3.63, 3.8) is 0 Å². The van der Waals surface area contributed by atoms with Crippen molar-refractivity contribution in [2.24, 2.45) is 4.99 Å². The fraction of sp³-hybridized carbons (Fsp3) is 0.222. The van der Waals surface area contributed by atoms with E-state index in [9.17, 15) is 0 Å². The number of aliphatic imine (C=N–C) groups is 1. The van der Waals surface area contributed by atoms with Crippen molar-refractivity contribution >= 4 is 11.4 Å². The molecule has 0 unspecified atom stereocenters. The zero-order valence-electron chi connectivity index (χ0n) is 17.2. The maximum absolute atomic E-state index is 9.12. The molecule has 0 saturated heterocycles.